The van der Waals surface area contributed by atoms with Crippen molar-refractivity contribution in [3.05, 3.63) is 0 Å². The largest absolute Gasteiger partial charge is 0.394 e. The highest BCUT2D eigenvalue weighted by atomic mass is 16.7. The van der Waals surface area contributed by atoms with Crippen molar-refractivity contribution < 1.29 is 74.4 Å². The van der Waals surface area contributed by atoms with Crippen molar-refractivity contribution in [2.45, 2.75) is 106 Å². The lowest BCUT2D eigenvalue weighted by atomic mass is 9.93. The van der Waals surface area contributed by atoms with Gasteiger partial charge in [-0.2, -0.15) is 0 Å². The van der Waals surface area contributed by atoms with Crippen LogP contribution in [-0.2, 0) is 28.5 Å². The lowest BCUT2D eigenvalue weighted by Crippen LogP contribution is -2.69. The first kappa shape index (κ1) is 30.5. The zero-order valence-electron chi connectivity index (χ0n) is 20.3. The summed E-state index contributed by atoms with van der Waals surface area (Å²) in [5.74, 6) is -0.621. The van der Waals surface area contributed by atoms with Crippen LogP contribution in [0, 0.1) is 0 Å². The molecule has 3 saturated heterocycles. The molecule has 0 aromatic rings. The van der Waals surface area contributed by atoms with Gasteiger partial charge < -0.3 is 75.0 Å². The predicted molar refractivity (Wildman–Crippen MR) is 116 cm³/mol. The van der Waals surface area contributed by atoms with Crippen LogP contribution in [0.5, 0.6) is 0 Å². The maximum Gasteiger partial charge on any atom is 0.217 e. The Balaban J connectivity index is 1.81. The number of hydrogen-bond acceptors (Lipinski definition) is 15. The quantitative estimate of drug-likeness (QED) is 0.137. The van der Waals surface area contributed by atoms with Crippen LogP contribution in [0.3, 0.4) is 0 Å². The van der Waals surface area contributed by atoms with E-state index in [1.165, 1.54) is 6.92 Å². The lowest BCUT2D eigenvalue weighted by molar-refractivity contribution is -0.359. The van der Waals surface area contributed by atoms with Crippen LogP contribution in [0.15, 0.2) is 0 Å². The van der Waals surface area contributed by atoms with E-state index < -0.39 is 118 Å². The van der Waals surface area contributed by atoms with Gasteiger partial charge >= 0.3 is 0 Å². The summed E-state index contributed by atoms with van der Waals surface area (Å²) in [6.07, 6.45) is -20.5. The third-order valence-electron chi connectivity index (χ3n) is 6.75. The second-order valence-corrected chi connectivity index (χ2v) is 9.38. The van der Waals surface area contributed by atoms with Crippen LogP contribution in [-0.4, -0.2) is 164 Å². The molecule has 6 unspecified atom stereocenters. The fourth-order valence-corrected chi connectivity index (χ4v) is 4.70. The molecule has 3 rings (SSSR count). The minimum Gasteiger partial charge on any atom is -0.394 e. The van der Waals surface area contributed by atoms with E-state index in [1.54, 1.807) is 0 Å². The molecule has 0 aliphatic carbocycles. The fraction of sp³-hybridized carbons (Fsp3) is 0.952. The molecule has 0 aromatic heterocycles. The summed E-state index contributed by atoms with van der Waals surface area (Å²) in [7, 11) is 0. The maximum absolute atomic E-state index is 11.9. The molecule has 1 amide bonds. The highest BCUT2D eigenvalue weighted by molar-refractivity contribution is 5.73. The number of amides is 1. The van der Waals surface area contributed by atoms with Crippen molar-refractivity contribution in [2.24, 2.45) is 0 Å². The number of nitrogens with one attached hydrogen (secondary N) is 1. The number of aliphatic hydroxyl groups excluding tert-OH is 9. The van der Waals surface area contributed by atoms with E-state index in [0.717, 1.165) is 6.92 Å². The smallest absolute Gasteiger partial charge is 0.217 e. The van der Waals surface area contributed by atoms with Crippen LogP contribution in [0.4, 0.5) is 0 Å². The van der Waals surface area contributed by atoms with E-state index in [-0.39, 0.29) is 0 Å². The molecule has 37 heavy (non-hydrogen) atoms. The van der Waals surface area contributed by atoms with Crippen LogP contribution in [0.2, 0.25) is 0 Å². The molecule has 0 radical (unpaired) electrons. The molecule has 3 heterocycles. The zero-order chi connectivity index (χ0) is 27.6. The number of carbonyl (C=O) groups excluding carboxylic acids is 1. The van der Waals surface area contributed by atoms with E-state index in [2.05, 4.69) is 5.32 Å². The molecule has 0 bridgehead atoms. The topological polar surface area (TPSA) is 257 Å². The number of carbonyl (C=O) groups is 1. The van der Waals surface area contributed by atoms with Gasteiger partial charge in [-0.1, -0.05) is 0 Å². The Labute approximate surface area is 211 Å². The molecule has 10 N–H and O–H groups in total. The Bertz CT molecular complexity index is 745. The first-order valence-electron chi connectivity index (χ1n) is 11.9. The highest BCUT2D eigenvalue weighted by Gasteiger charge is 2.53. The van der Waals surface area contributed by atoms with Gasteiger partial charge in [0.25, 0.3) is 0 Å². The van der Waals surface area contributed by atoms with Crippen LogP contribution in [0.25, 0.3) is 0 Å². The van der Waals surface area contributed by atoms with Gasteiger partial charge in [-0.15, -0.1) is 0 Å². The molecular weight excluding hydrogens is 506 g/mol. The van der Waals surface area contributed by atoms with E-state index in [9.17, 15) is 50.8 Å². The van der Waals surface area contributed by atoms with Crippen molar-refractivity contribution in [3.63, 3.8) is 0 Å². The molecule has 3 fully saturated rings. The zero-order valence-corrected chi connectivity index (χ0v) is 20.3. The predicted octanol–water partition coefficient (Wildman–Crippen LogP) is -6.36. The van der Waals surface area contributed by atoms with Gasteiger partial charge in [0.15, 0.2) is 12.6 Å². The standard InChI is InChI=1S/C21H37NO15/c1-6-18(16(31)13(28)8(3-23)33-6)36-20-11(22-7(2)26)14(29)19(10(5-25)35-20)37-21-17(32)15(30)12(27)9(4-24)34-21/h6,8-21,23-25,27-32H,3-5H2,1-2H3,(H,22,26)/t6-,8?,9?,10+,11?,12+,13-,14?,15?,16+,17+,18?,19-,20+,21+/m1/s1. The van der Waals surface area contributed by atoms with Gasteiger partial charge in [-0.25, -0.2) is 0 Å². The summed E-state index contributed by atoms with van der Waals surface area (Å²) >= 11 is 0. The summed E-state index contributed by atoms with van der Waals surface area (Å²) in [5, 5.41) is 93.3. The summed E-state index contributed by atoms with van der Waals surface area (Å²) in [6.45, 7) is 0.595. The summed E-state index contributed by atoms with van der Waals surface area (Å²) < 4.78 is 27.9. The molecule has 0 spiro atoms. The number of hydrogen-bond donors (Lipinski definition) is 10. The maximum atomic E-state index is 11.9. The first-order chi connectivity index (χ1) is 17.4. The van der Waals surface area contributed by atoms with Crippen molar-refractivity contribution in [3.8, 4) is 0 Å². The van der Waals surface area contributed by atoms with Crippen molar-refractivity contribution in [2.75, 3.05) is 19.8 Å². The molecule has 216 valence electrons. The molecule has 0 aromatic carbocycles. The van der Waals surface area contributed by atoms with Crippen molar-refractivity contribution >= 4 is 5.91 Å². The molecule has 3 aliphatic rings. The van der Waals surface area contributed by atoms with Crippen LogP contribution in [0.1, 0.15) is 13.8 Å². The highest BCUT2D eigenvalue weighted by Crippen LogP contribution is 2.32. The van der Waals surface area contributed by atoms with Gasteiger partial charge in [0.05, 0.1) is 25.9 Å². The average Bonchev–Trinajstić information content (AvgIpc) is 2.86. The number of rotatable bonds is 8. The van der Waals surface area contributed by atoms with Crippen molar-refractivity contribution in [1.82, 2.24) is 5.32 Å². The molecule has 16 nitrogen and oxygen atoms in total. The molecule has 3 aliphatic heterocycles. The van der Waals surface area contributed by atoms with Crippen LogP contribution < -0.4 is 5.32 Å². The first-order valence-corrected chi connectivity index (χ1v) is 11.9. The van der Waals surface area contributed by atoms with E-state index in [4.69, 9.17) is 23.7 Å². The van der Waals surface area contributed by atoms with E-state index in [0.29, 0.717) is 0 Å². The van der Waals surface area contributed by atoms with Gasteiger partial charge in [0.1, 0.15) is 73.2 Å². The fourth-order valence-electron chi connectivity index (χ4n) is 4.70. The van der Waals surface area contributed by atoms with Gasteiger partial charge in [0.2, 0.25) is 5.91 Å². The lowest BCUT2D eigenvalue weighted by Gasteiger charge is -2.49. The van der Waals surface area contributed by atoms with Gasteiger partial charge in [-0.3, -0.25) is 4.79 Å². The Kier molecular flexibility index (Phi) is 10.6. The van der Waals surface area contributed by atoms with E-state index >= 15 is 0 Å². The Morgan fingerprint density at radius 1 is 0.676 bits per heavy atom. The molecular formula is C21H37NO15. The summed E-state index contributed by atoms with van der Waals surface area (Å²) in [5.41, 5.74) is 0. The SMILES string of the molecule is CC(=O)NC1C(O)[C@H](O[C@@H]2OC(CO)[C@H](O)C(O)[C@@H]2O)[C@H](CO)O[C@H]1OC1[C@@H](O)[C@H](O)C(CO)O[C@@H]1C. The number of aliphatic hydroxyl groups is 9. The van der Waals surface area contributed by atoms with Crippen molar-refractivity contribution in [1.29, 1.82) is 0 Å². The third kappa shape index (κ3) is 6.39. The molecule has 0 saturated carbocycles. The van der Waals surface area contributed by atoms with Gasteiger partial charge in [-0.05, 0) is 6.92 Å². The van der Waals surface area contributed by atoms with Gasteiger partial charge in [0, 0.05) is 6.92 Å². The monoisotopic (exact) mass is 543 g/mol. The second kappa shape index (κ2) is 12.8. The number of ether oxygens (including phenoxy) is 5. The average molecular weight is 544 g/mol. The molecule has 16 heteroatoms. The summed E-state index contributed by atoms with van der Waals surface area (Å²) in [4.78, 5) is 11.9. The Hall–Kier alpha value is -1.09. The van der Waals surface area contributed by atoms with Crippen LogP contribution >= 0.6 is 0 Å². The summed E-state index contributed by atoms with van der Waals surface area (Å²) in [6, 6.07) is -1.37. The third-order valence-corrected chi connectivity index (χ3v) is 6.75. The van der Waals surface area contributed by atoms with E-state index in [1.807, 2.05) is 0 Å². The Morgan fingerprint density at radius 2 is 1.19 bits per heavy atom. The normalized spacial score (nSPS) is 49.0. The Morgan fingerprint density at radius 3 is 1.76 bits per heavy atom. The molecule has 15 atom stereocenters. The second-order valence-electron chi connectivity index (χ2n) is 9.38. The minimum absolute atomic E-state index is 0.563. The minimum atomic E-state index is -1.81.